The lowest BCUT2D eigenvalue weighted by Crippen LogP contribution is -2.49. The Morgan fingerprint density at radius 3 is 2.60 bits per heavy atom. The molecular formula is C22H23ClN4O2S. The van der Waals surface area contributed by atoms with Crippen LogP contribution in [0.1, 0.15) is 18.5 Å². The number of piperazine rings is 1. The molecule has 0 spiro atoms. The third-order valence-corrected chi connectivity index (χ3v) is 6.33. The van der Waals surface area contributed by atoms with E-state index < -0.39 is 0 Å². The van der Waals surface area contributed by atoms with Crippen molar-refractivity contribution in [3.63, 3.8) is 0 Å². The fourth-order valence-electron chi connectivity index (χ4n) is 3.52. The summed E-state index contributed by atoms with van der Waals surface area (Å²) in [6.07, 6.45) is 0. The molecule has 2 heterocycles. The van der Waals surface area contributed by atoms with E-state index in [1.807, 2.05) is 23.1 Å². The first-order chi connectivity index (χ1) is 14.6. The van der Waals surface area contributed by atoms with Crippen LogP contribution in [0.3, 0.4) is 0 Å². The summed E-state index contributed by atoms with van der Waals surface area (Å²) < 4.78 is 5.66. The maximum absolute atomic E-state index is 12.6. The van der Waals surface area contributed by atoms with Crippen molar-refractivity contribution in [2.75, 3.05) is 31.9 Å². The van der Waals surface area contributed by atoms with Gasteiger partial charge < -0.3 is 9.32 Å². The maximum atomic E-state index is 12.6. The van der Waals surface area contributed by atoms with Gasteiger partial charge in [0.05, 0.1) is 5.75 Å². The van der Waals surface area contributed by atoms with E-state index in [2.05, 4.69) is 46.3 Å². The van der Waals surface area contributed by atoms with E-state index in [0.717, 1.165) is 31.7 Å². The van der Waals surface area contributed by atoms with Crippen LogP contribution in [0.25, 0.3) is 11.5 Å². The number of halogens is 1. The molecule has 2 aromatic carbocycles. The van der Waals surface area contributed by atoms with Crippen LogP contribution in [0.4, 0.5) is 0 Å². The Morgan fingerprint density at radius 1 is 1.10 bits per heavy atom. The maximum Gasteiger partial charge on any atom is 0.277 e. The predicted molar refractivity (Wildman–Crippen MR) is 118 cm³/mol. The number of hydrogen-bond donors (Lipinski definition) is 0. The molecule has 1 unspecified atom stereocenters. The monoisotopic (exact) mass is 442 g/mol. The van der Waals surface area contributed by atoms with Gasteiger partial charge in [0.25, 0.3) is 5.22 Å². The zero-order valence-corrected chi connectivity index (χ0v) is 18.3. The Labute approximate surface area is 185 Å². The summed E-state index contributed by atoms with van der Waals surface area (Å²) in [6.45, 7) is 5.41. The zero-order valence-electron chi connectivity index (χ0n) is 16.7. The molecule has 156 valence electrons. The van der Waals surface area contributed by atoms with Crippen molar-refractivity contribution in [1.29, 1.82) is 0 Å². The van der Waals surface area contributed by atoms with Crippen molar-refractivity contribution in [2.45, 2.75) is 18.2 Å². The lowest BCUT2D eigenvalue weighted by molar-refractivity contribution is -0.130. The lowest BCUT2D eigenvalue weighted by atomic mass is 10.1. The van der Waals surface area contributed by atoms with Crippen LogP contribution < -0.4 is 0 Å². The third-order valence-electron chi connectivity index (χ3n) is 5.29. The van der Waals surface area contributed by atoms with Gasteiger partial charge in [-0.15, -0.1) is 10.2 Å². The number of aromatic nitrogens is 2. The van der Waals surface area contributed by atoms with Gasteiger partial charge >= 0.3 is 0 Å². The van der Waals surface area contributed by atoms with Gasteiger partial charge in [-0.05, 0) is 30.7 Å². The van der Waals surface area contributed by atoms with Gasteiger partial charge in [0.15, 0.2) is 0 Å². The normalized spacial score (nSPS) is 15.9. The first kappa shape index (κ1) is 20.9. The average Bonchev–Trinajstić information content (AvgIpc) is 3.27. The molecule has 4 rings (SSSR count). The highest BCUT2D eigenvalue weighted by Gasteiger charge is 2.25. The summed E-state index contributed by atoms with van der Waals surface area (Å²) >= 11 is 7.27. The number of nitrogens with zero attached hydrogens (tertiary/aromatic N) is 4. The van der Waals surface area contributed by atoms with E-state index >= 15 is 0 Å². The van der Waals surface area contributed by atoms with E-state index in [0.29, 0.717) is 22.2 Å². The molecule has 0 bridgehead atoms. The van der Waals surface area contributed by atoms with Crippen LogP contribution in [0, 0.1) is 0 Å². The largest absolute Gasteiger partial charge is 0.411 e. The fraction of sp³-hybridized carbons (Fsp3) is 0.318. The van der Waals surface area contributed by atoms with Crippen LogP contribution in [0.5, 0.6) is 0 Å². The van der Waals surface area contributed by atoms with Gasteiger partial charge in [-0.1, -0.05) is 59.8 Å². The summed E-state index contributed by atoms with van der Waals surface area (Å²) in [5, 5.41) is 9.07. The number of carbonyl (C=O) groups is 1. The van der Waals surface area contributed by atoms with E-state index in [4.69, 9.17) is 16.0 Å². The number of benzene rings is 2. The minimum atomic E-state index is 0.0921. The number of rotatable bonds is 6. The first-order valence-electron chi connectivity index (χ1n) is 9.89. The van der Waals surface area contributed by atoms with Crippen LogP contribution in [0.2, 0.25) is 5.02 Å². The van der Waals surface area contributed by atoms with Crippen LogP contribution in [-0.2, 0) is 4.79 Å². The second-order valence-corrected chi connectivity index (χ2v) is 8.54. The van der Waals surface area contributed by atoms with Crippen LogP contribution >= 0.6 is 23.4 Å². The minimum Gasteiger partial charge on any atom is -0.411 e. The molecule has 8 heteroatoms. The molecule has 1 aliphatic heterocycles. The van der Waals surface area contributed by atoms with Crippen molar-refractivity contribution in [2.24, 2.45) is 0 Å². The molecular weight excluding hydrogens is 420 g/mol. The van der Waals surface area contributed by atoms with E-state index in [-0.39, 0.29) is 11.7 Å². The van der Waals surface area contributed by atoms with Crippen LogP contribution in [0.15, 0.2) is 64.2 Å². The molecule has 3 aromatic rings. The smallest absolute Gasteiger partial charge is 0.277 e. The topological polar surface area (TPSA) is 62.5 Å². The van der Waals surface area contributed by atoms with Gasteiger partial charge in [0, 0.05) is 42.8 Å². The molecule has 0 N–H and O–H groups in total. The Bertz CT molecular complexity index is 990. The zero-order chi connectivity index (χ0) is 20.9. The minimum absolute atomic E-state index is 0.0921. The molecule has 1 saturated heterocycles. The predicted octanol–water partition coefficient (Wildman–Crippen LogP) is 4.39. The van der Waals surface area contributed by atoms with Gasteiger partial charge in [-0.2, -0.15) is 0 Å². The molecule has 0 aliphatic carbocycles. The van der Waals surface area contributed by atoms with Gasteiger partial charge in [0.1, 0.15) is 0 Å². The molecule has 0 saturated carbocycles. The number of thioether (sulfide) groups is 1. The third kappa shape index (κ3) is 5.03. The second kappa shape index (κ2) is 9.64. The molecule has 1 aliphatic rings. The molecule has 1 fully saturated rings. The highest BCUT2D eigenvalue weighted by molar-refractivity contribution is 7.99. The van der Waals surface area contributed by atoms with Gasteiger partial charge in [0.2, 0.25) is 11.8 Å². The molecule has 1 atom stereocenters. The Hall–Kier alpha value is -2.35. The van der Waals surface area contributed by atoms with E-state index in [1.165, 1.54) is 17.3 Å². The summed E-state index contributed by atoms with van der Waals surface area (Å²) in [5.74, 6) is 0.774. The van der Waals surface area contributed by atoms with Crippen LogP contribution in [-0.4, -0.2) is 57.8 Å². The molecule has 1 aromatic heterocycles. The van der Waals surface area contributed by atoms with Crippen molar-refractivity contribution in [3.8, 4) is 11.5 Å². The SMILES string of the molecule is CC(c1ccccc1)N1CCN(C(=O)CSc2nnc(-c3cccc(Cl)c3)o2)CC1. The quantitative estimate of drug-likeness (QED) is 0.527. The van der Waals surface area contributed by atoms with Crippen molar-refractivity contribution < 1.29 is 9.21 Å². The molecule has 30 heavy (non-hydrogen) atoms. The fourth-order valence-corrected chi connectivity index (χ4v) is 4.38. The highest BCUT2D eigenvalue weighted by Crippen LogP contribution is 2.26. The summed E-state index contributed by atoms with van der Waals surface area (Å²) in [5.41, 5.74) is 2.07. The summed E-state index contributed by atoms with van der Waals surface area (Å²) in [6, 6.07) is 18.1. The van der Waals surface area contributed by atoms with Gasteiger partial charge in [-0.25, -0.2) is 0 Å². The van der Waals surface area contributed by atoms with Crippen molar-refractivity contribution >= 4 is 29.3 Å². The Balaban J connectivity index is 1.26. The lowest BCUT2D eigenvalue weighted by Gasteiger charge is -2.38. The molecule has 6 nitrogen and oxygen atoms in total. The molecule has 1 amide bonds. The number of carbonyl (C=O) groups excluding carboxylic acids is 1. The highest BCUT2D eigenvalue weighted by atomic mass is 35.5. The Kier molecular flexibility index (Phi) is 6.72. The van der Waals surface area contributed by atoms with E-state index in [1.54, 1.807) is 12.1 Å². The van der Waals surface area contributed by atoms with Gasteiger partial charge in [-0.3, -0.25) is 9.69 Å². The Morgan fingerprint density at radius 2 is 1.87 bits per heavy atom. The first-order valence-corrected chi connectivity index (χ1v) is 11.3. The second-order valence-electron chi connectivity index (χ2n) is 7.18. The standard InChI is InChI=1S/C22H23ClN4O2S/c1-16(17-6-3-2-4-7-17)26-10-12-27(13-11-26)20(28)15-30-22-25-24-21(29-22)18-8-5-9-19(23)14-18/h2-9,14,16H,10-13,15H2,1H3. The average molecular weight is 443 g/mol. The number of hydrogen-bond acceptors (Lipinski definition) is 6. The number of amides is 1. The van der Waals surface area contributed by atoms with E-state index in [9.17, 15) is 4.79 Å². The summed E-state index contributed by atoms with van der Waals surface area (Å²) in [7, 11) is 0. The van der Waals surface area contributed by atoms with Crippen molar-refractivity contribution in [1.82, 2.24) is 20.0 Å². The molecule has 0 radical (unpaired) electrons. The summed E-state index contributed by atoms with van der Waals surface area (Å²) in [4.78, 5) is 16.9. The van der Waals surface area contributed by atoms with Crippen molar-refractivity contribution in [3.05, 3.63) is 65.2 Å².